The smallest absolute Gasteiger partial charge is 0.258 e. The highest BCUT2D eigenvalue weighted by Gasteiger charge is 2.41. The first-order valence-electron chi connectivity index (χ1n) is 12.4. The third-order valence-electron chi connectivity index (χ3n) is 6.58. The van der Waals surface area contributed by atoms with Crippen LogP contribution in [0.3, 0.4) is 0 Å². The van der Waals surface area contributed by atoms with Crippen molar-refractivity contribution in [1.82, 2.24) is 29.8 Å². The summed E-state index contributed by atoms with van der Waals surface area (Å²) in [5.41, 5.74) is 3.68. The first-order valence-corrected chi connectivity index (χ1v) is 12.8. The molecule has 2 fully saturated rings. The highest BCUT2D eigenvalue weighted by atomic mass is 35.5. The quantitative estimate of drug-likeness (QED) is 0.348. The maximum Gasteiger partial charge on any atom is 0.258 e. The van der Waals surface area contributed by atoms with Crippen LogP contribution in [0, 0.1) is 6.92 Å². The Kier molecular flexibility index (Phi) is 5.95. The molecule has 6 rings (SSSR count). The van der Waals surface area contributed by atoms with Crippen molar-refractivity contribution in [2.24, 2.45) is 0 Å². The average Bonchev–Trinajstić information content (AvgIpc) is 3.79. The van der Waals surface area contributed by atoms with Crippen molar-refractivity contribution in [3.05, 3.63) is 59.1 Å². The van der Waals surface area contributed by atoms with Gasteiger partial charge in [-0.2, -0.15) is 4.98 Å². The number of nitrogens with one attached hydrogen (secondary N) is 1. The van der Waals surface area contributed by atoms with Crippen molar-refractivity contribution in [1.29, 1.82) is 0 Å². The Balaban J connectivity index is 1.36. The molecule has 0 spiro atoms. The average molecular weight is 519 g/mol. The summed E-state index contributed by atoms with van der Waals surface area (Å²) in [5.74, 6) is 1.45. The van der Waals surface area contributed by atoms with Gasteiger partial charge in [-0.05, 0) is 75.4 Å². The van der Waals surface area contributed by atoms with Crippen LogP contribution in [-0.4, -0.2) is 48.7 Å². The molecule has 9 nitrogen and oxygen atoms in total. The predicted molar refractivity (Wildman–Crippen MR) is 139 cm³/mol. The molecule has 2 aliphatic rings. The second-order valence-corrected chi connectivity index (χ2v) is 10.4. The van der Waals surface area contributed by atoms with E-state index in [-0.39, 0.29) is 24.2 Å². The maximum absolute atomic E-state index is 12.0. The molecule has 190 valence electrons. The summed E-state index contributed by atoms with van der Waals surface area (Å²) < 4.78 is 13.9. The van der Waals surface area contributed by atoms with E-state index in [0.29, 0.717) is 45.7 Å². The van der Waals surface area contributed by atoms with Crippen LogP contribution < -0.4 is 14.8 Å². The van der Waals surface area contributed by atoms with Crippen molar-refractivity contribution in [2.45, 2.75) is 57.7 Å². The van der Waals surface area contributed by atoms with Crippen LogP contribution in [0.2, 0.25) is 5.02 Å². The van der Waals surface area contributed by atoms with E-state index in [1.165, 1.54) is 6.33 Å². The normalized spacial score (nSPS) is 16.0. The Bertz CT molecular complexity index is 1500. The molecule has 1 amide bonds. The van der Waals surface area contributed by atoms with Gasteiger partial charge >= 0.3 is 0 Å². The van der Waals surface area contributed by atoms with Gasteiger partial charge in [0.2, 0.25) is 5.88 Å². The van der Waals surface area contributed by atoms with E-state index in [1.54, 1.807) is 18.3 Å². The standard InChI is InChI=1S/C27H27ClN6O3/c1-16-7-10-29-18(11-16)13-34-24(33-23-25(34)30-15-31-26(23)37-27(2)8-9-27)20-6-5-19(12-21(20)28)36-14-22(35)32-17-3-4-17/h5-7,10-12,15,17H,3-4,8-9,13-14H2,1-2H3,(H,32,35). The number of benzene rings is 1. The number of imidazole rings is 1. The van der Waals surface area contributed by atoms with Gasteiger partial charge in [0.05, 0.1) is 17.3 Å². The van der Waals surface area contributed by atoms with E-state index in [4.69, 9.17) is 26.1 Å². The number of aromatic nitrogens is 5. The number of rotatable bonds is 9. The van der Waals surface area contributed by atoms with E-state index < -0.39 is 0 Å². The summed E-state index contributed by atoms with van der Waals surface area (Å²) >= 11 is 6.74. The Morgan fingerprint density at radius 1 is 1.19 bits per heavy atom. The van der Waals surface area contributed by atoms with Gasteiger partial charge in [0.15, 0.2) is 17.8 Å². The number of aryl methyl sites for hydroxylation is 1. The number of amides is 1. The van der Waals surface area contributed by atoms with Crippen molar-refractivity contribution in [3.63, 3.8) is 0 Å². The molecule has 1 aromatic carbocycles. The van der Waals surface area contributed by atoms with Crippen molar-refractivity contribution < 1.29 is 14.3 Å². The number of hydrogen-bond donors (Lipinski definition) is 1. The van der Waals surface area contributed by atoms with Crippen LogP contribution in [0.4, 0.5) is 0 Å². The lowest BCUT2D eigenvalue weighted by Crippen LogP contribution is -2.30. The van der Waals surface area contributed by atoms with Crippen LogP contribution in [-0.2, 0) is 11.3 Å². The van der Waals surface area contributed by atoms with Gasteiger partial charge in [-0.1, -0.05) is 11.6 Å². The molecule has 2 aliphatic carbocycles. The zero-order valence-electron chi connectivity index (χ0n) is 20.7. The van der Waals surface area contributed by atoms with E-state index in [2.05, 4.69) is 27.2 Å². The Hall–Kier alpha value is -3.72. The Morgan fingerprint density at radius 2 is 2.03 bits per heavy atom. The van der Waals surface area contributed by atoms with E-state index in [1.807, 2.05) is 29.7 Å². The largest absolute Gasteiger partial charge is 0.484 e. The van der Waals surface area contributed by atoms with E-state index >= 15 is 0 Å². The van der Waals surface area contributed by atoms with Crippen LogP contribution in [0.15, 0.2) is 42.9 Å². The summed E-state index contributed by atoms with van der Waals surface area (Å²) in [6.45, 7) is 4.48. The fourth-order valence-electron chi connectivity index (χ4n) is 4.12. The molecule has 4 aromatic rings. The van der Waals surface area contributed by atoms with Gasteiger partial charge in [-0.15, -0.1) is 0 Å². The summed E-state index contributed by atoms with van der Waals surface area (Å²) in [4.78, 5) is 30.4. The zero-order valence-corrected chi connectivity index (χ0v) is 21.5. The minimum Gasteiger partial charge on any atom is -0.484 e. The van der Waals surface area contributed by atoms with Crippen LogP contribution in [0.1, 0.15) is 43.9 Å². The number of nitrogens with zero attached hydrogens (tertiary/aromatic N) is 5. The first-order chi connectivity index (χ1) is 17.9. The van der Waals surface area contributed by atoms with Crippen molar-refractivity contribution in [3.8, 4) is 23.0 Å². The van der Waals surface area contributed by atoms with Crippen molar-refractivity contribution >= 4 is 28.7 Å². The predicted octanol–water partition coefficient (Wildman–Crippen LogP) is 4.49. The molecule has 3 heterocycles. The minimum absolute atomic E-state index is 0.0568. The summed E-state index contributed by atoms with van der Waals surface area (Å²) in [6.07, 6.45) is 7.31. The molecular formula is C27H27ClN6O3. The number of carbonyl (C=O) groups is 1. The molecule has 0 radical (unpaired) electrons. The van der Waals surface area contributed by atoms with Crippen LogP contribution in [0.25, 0.3) is 22.6 Å². The topological polar surface area (TPSA) is 104 Å². The third-order valence-corrected chi connectivity index (χ3v) is 6.89. The minimum atomic E-state index is -0.217. The zero-order chi connectivity index (χ0) is 25.6. The second-order valence-electron chi connectivity index (χ2n) is 10.0. The monoisotopic (exact) mass is 518 g/mol. The second kappa shape index (κ2) is 9.30. The van der Waals surface area contributed by atoms with Gasteiger partial charge in [0.25, 0.3) is 5.91 Å². The lowest BCUT2D eigenvalue weighted by atomic mass is 10.2. The fraction of sp³-hybridized carbons (Fsp3) is 0.370. The highest BCUT2D eigenvalue weighted by Crippen LogP contribution is 2.41. The number of hydrogen-bond acceptors (Lipinski definition) is 7. The Labute approximate surface area is 219 Å². The highest BCUT2D eigenvalue weighted by molar-refractivity contribution is 6.33. The number of halogens is 1. The molecule has 1 N–H and O–H groups in total. The molecule has 0 atom stereocenters. The number of pyridine rings is 1. The summed E-state index contributed by atoms with van der Waals surface area (Å²) in [6, 6.07) is 9.61. The number of carbonyl (C=O) groups excluding carboxylic acids is 1. The fourth-order valence-corrected chi connectivity index (χ4v) is 4.37. The third kappa shape index (κ3) is 5.22. The molecular weight excluding hydrogens is 492 g/mol. The molecule has 0 aliphatic heterocycles. The molecule has 0 saturated heterocycles. The van der Waals surface area contributed by atoms with E-state index in [0.717, 1.165) is 36.9 Å². The van der Waals surface area contributed by atoms with Gasteiger partial charge in [0.1, 0.15) is 23.5 Å². The lowest BCUT2D eigenvalue weighted by molar-refractivity contribution is -0.123. The van der Waals surface area contributed by atoms with Crippen LogP contribution in [0.5, 0.6) is 11.6 Å². The molecule has 10 heteroatoms. The van der Waals surface area contributed by atoms with Gasteiger partial charge in [0, 0.05) is 17.8 Å². The van der Waals surface area contributed by atoms with Gasteiger partial charge in [-0.25, -0.2) is 9.97 Å². The summed E-state index contributed by atoms with van der Waals surface area (Å²) in [7, 11) is 0. The summed E-state index contributed by atoms with van der Waals surface area (Å²) in [5, 5.41) is 3.35. The lowest BCUT2D eigenvalue weighted by Gasteiger charge is -2.12. The van der Waals surface area contributed by atoms with E-state index in [9.17, 15) is 4.79 Å². The van der Waals surface area contributed by atoms with Gasteiger partial charge < -0.3 is 19.4 Å². The molecule has 37 heavy (non-hydrogen) atoms. The molecule has 0 unspecified atom stereocenters. The number of fused-ring (bicyclic) bond motifs is 1. The molecule has 3 aromatic heterocycles. The van der Waals surface area contributed by atoms with Gasteiger partial charge in [-0.3, -0.25) is 9.78 Å². The molecule has 0 bridgehead atoms. The molecule has 2 saturated carbocycles. The van der Waals surface area contributed by atoms with Crippen molar-refractivity contribution in [2.75, 3.05) is 6.61 Å². The van der Waals surface area contributed by atoms with Crippen LogP contribution >= 0.6 is 11.6 Å². The maximum atomic E-state index is 12.0. The Morgan fingerprint density at radius 3 is 2.76 bits per heavy atom. The SMILES string of the molecule is Cc1ccnc(Cn2c(-c3ccc(OCC(=O)NC4CC4)cc3Cl)nc3c(OC4(C)CC4)ncnc32)c1. The number of ether oxygens (including phenoxy) is 2. The first kappa shape index (κ1) is 23.7.